The fourth-order valence-electron chi connectivity index (χ4n) is 1.52. The molecule has 1 aliphatic rings. The molecule has 0 saturated heterocycles. The summed E-state index contributed by atoms with van der Waals surface area (Å²) >= 11 is 0. The number of benzene rings is 1. The van der Waals surface area contributed by atoms with Gasteiger partial charge in [0.05, 0.1) is 17.3 Å². The molecule has 1 aromatic rings. The molecule has 0 aromatic heterocycles. The molecule has 5 heteroatoms. The number of sulfone groups is 1. The van der Waals surface area contributed by atoms with E-state index in [1.807, 2.05) is 0 Å². The van der Waals surface area contributed by atoms with E-state index in [1.54, 1.807) is 31.4 Å². The Balaban J connectivity index is 2.12. The monoisotopic (exact) mass is 241 g/mol. The number of nitrogens with one attached hydrogen (secondary N) is 1. The molecule has 0 heterocycles. The summed E-state index contributed by atoms with van der Waals surface area (Å²) in [7, 11) is -1.51. The smallest absolute Gasteiger partial charge is 0.181 e. The summed E-state index contributed by atoms with van der Waals surface area (Å²) in [5.74, 6) is 0. The maximum Gasteiger partial charge on any atom is 0.181 e. The van der Waals surface area contributed by atoms with Crippen LogP contribution in [0.4, 0.5) is 0 Å². The highest BCUT2D eigenvalue weighted by Crippen LogP contribution is 2.33. The van der Waals surface area contributed by atoms with Crippen LogP contribution in [0.15, 0.2) is 29.2 Å². The molecule has 1 fully saturated rings. The van der Waals surface area contributed by atoms with Crippen molar-refractivity contribution in [1.82, 2.24) is 5.48 Å². The van der Waals surface area contributed by atoms with Crippen LogP contribution in [0, 0.1) is 0 Å². The van der Waals surface area contributed by atoms with Gasteiger partial charge in [-0.3, -0.25) is 0 Å². The van der Waals surface area contributed by atoms with Crippen LogP contribution < -0.4 is 5.48 Å². The average Bonchev–Trinajstić information content (AvgIpc) is 3.11. The molecular formula is C11H15NO3S. The van der Waals surface area contributed by atoms with E-state index in [4.69, 9.17) is 4.84 Å². The van der Waals surface area contributed by atoms with Gasteiger partial charge in [0.25, 0.3) is 0 Å². The fourth-order valence-corrected chi connectivity index (χ4v) is 3.18. The first-order valence-corrected chi connectivity index (χ1v) is 6.78. The Bertz CT molecular complexity index is 449. The Hall–Kier alpha value is -0.910. The van der Waals surface area contributed by atoms with Gasteiger partial charge in [-0.2, -0.15) is 5.48 Å². The van der Waals surface area contributed by atoms with E-state index in [9.17, 15) is 8.42 Å². The van der Waals surface area contributed by atoms with Crippen LogP contribution >= 0.6 is 0 Å². The third-order valence-electron chi connectivity index (χ3n) is 2.64. The highest BCUT2D eigenvalue weighted by Gasteiger charge is 2.36. The molecule has 0 aliphatic heterocycles. The SMILES string of the molecule is CONCc1ccc(S(=O)(=O)C2CC2)cc1. The van der Waals surface area contributed by atoms with E-state index < -0.39 is 9.84 Å². The lowest BCUT2D eigenvalue weighted by Gasteiger charge is -2.05. The number of hydrogen-bond acceptors (Lipinski definition) is 4. The molecule has 2 rings (SSSR count). The lowest BCUT2D eigenvalue weighted by molar-refractivity contribution is 0.0867. The fraction of sp³-hybridized carbons (Fsp3) is 0.455. The summed E-state index contributed by atoms with van der Waals surface area (Å²) in [6, 6.07) is 6.95. The summed E-state index contributed by atoms with van der Waals surface area (Å²) in [5.41, 5.74) is 3.71. The second-order valence-electron chi connectivity index (χ2n) is 3.91. The van der Waals surface area contributed by atoms with Gasteiger partial charge in [0.1, 0.15) is 0 Å². The number of rotatable bonds is 5. The molecule has 88 valence electrons. The normalized spacial score (nSPS) is 16.3. The summed E-state index contributed by atoms with van der Waals surface area (Å²) in [5, 5.41) is -0.143. The van der Waals surface area contributed by atoms with Crippen molar-refractivity contribution in [3.8, 4) is 0 Å². The lowest BCUT2D eigenvalue weighted by atomic mass is 10.2. The van der Waals surface area contributed by atoms with Crippen LogP contribution in [0.2, 0.25) is 0 Å². The molecule has 1 N–H and O–H groups in total. The highest BCUT2D eigenvalue weighted by atomic mass is 32.2. The molecular weight excluding hydrogens is 226 g/mol. The van der Waals surface area contributed by atoms with Crippen molar-refractivity contribution < 1.29 is 13.3 Å². The first-order chi connectivity index (χ1) is 7.64. The van der Waals surface area contributed by atoms with E-state index in [0.717, 1.165) is 18.4 Å². The Morgan fingerprint density at radius 1 is 1.31 bits per heavy atom. The average molecular weight is 241 g/mol. The molecule has 16 heavy (non-hydrogen) atoms. The molecule has 0 unspecified atom stereocenters. The van der Waals surface area contributed by atoms with Crippen molar-refractivity contribution in [2.45, 2.75) is 29.5 Å². The lowest BCUT2D eigenvalue weighted by Crippen LogP contribution is -2.11. The third-order valence-corrected chi connectivity index (χ3v) is 4.91. The summed E-state index contributed by atoms with van der Waals surface area (Å²) in [4.78, 5) is 5.15. The van der Waals surface area contributed by atoms with Gasteiger partial charge < -0.3 is 4.84 Å². The minimum absolute atomic E-state index is 0.143. The van der Waals surface area contributed by atoms with Crippen LogP contribution in [-0.2, 0) is 21.2 Å². The predicted molar refractivity (Wildman–Crippen MR) is 60.5 cm³/mol. The van der Waals surface area contributed by atoms with Gasteiger partial charge in [-0.25, -0.2) is 8.42 Å². The van der Waals surface area contributed by atoms with Crippen LogP contribution in [0.5, 0.6) is 0 Å². The van der Waals surface area contributed by atoms with Gasteiger partial charge in [-0.05, 0) is 30.5 Å². The van der Waals surface area contributed by atoms with Gasteiger partial charge in [-0.1, -0.05) is 12.1 Å². The number of hydroxylamine groups is 1. The zero-order valence-corrected chi connectivity index (χ0v) is 9.96. The molecule has 0 amide bonds. The standard InChI is InChI=1S/C11H15NO3S/c1-15-12-8-9-2-4-10(5-3-9)16(13,14)11-6-7-11/h2-5,11-12H,6-8H2,1H3. The van der Waals surface area contributed by atoms with Crippen molar-refractivity contribution in [3.63, 3.8) is 0 Å². The van der Waals surface area contributed by atoms with Crippen molar-refractivity contribution in [2.75, 3.05) is 7.11 Å². The van der Waals surface area contributed by atoms with Crippen LogP contribution in [0.25, 0.3) is 0 Å². The zero-order chi connectivity index (χ0) is 11.6. The van der Waals surface area contributed by atoms with E-state index in [0.29, 0.717) is 11.4 Å². The van der Waals surface area contributed by atoms with Gasteiger partial charge >= 0.3 is 0 Å². The highest BCUT2D eigenvalue weighted by molar-refractivity contribution is 7.92. The first-order valence-electron chi connectivity index (χ1n) is 5.23. The summed E-state index contributed by atoms with van der Waals surface area (Å²) in [6.45, 7) is 0.570. The van der Waals surface area contributed by atoms with Crippen LogP contribution in [-0.4, -0.2) is 20.8 Å². The minimum Gasteiger partial charge on any atom is -0.305 e. The minimum atomic E-state index is -3.05. The van der Waals surface area contributed by atoms with Crippen molar-refractivity contribution in [3.05, 3.63) is 29.8 Å². The molecule has 1 aromatic carbocycles. The maximum absolute atomic E-state index is 11.9. The van der Waals surface area contributed by atoms with Crippen LogP contribution in [0.1, 0.15) is 18.4 Å². The van der Waals surface area contributed by atoms with Crippen molar-refractivity contribution in [2.24, 2.45) is 0 Å². The van der Waals surface area contributed by atoms with Gasteiger partial charge in [0.15, 0.2) is 9.84 Å². The Morgan fingerprint density at radius 2 is 1.94 bits per heavy atom. The van der Waals surface area contributed by atoms with Crippen LogP contribution in [0.3, 0.4) is 0 Å². The zero-order valence-electron chi connectivity index (χ0n) is 9.14. The van der Waals surface area contributed by atoms with Gasteiger partial charge in [0.2, 0.25) is 0 Å². The molecule has 4 nitrogen and oxygen atoms in total. The second kappa shape index (κ2) is 4.53. The summed E-state index contributed by atoms with van der Waals surface area (Å²) < 4.78 is 23.8. The second-order valence-corrected chi connectivity index (χ2v) is 6.14. The van der Waals surface area contributed by atoms with E-state index in [2.05, 4.69) is 5.48 Å². The molecule has 1 aliphatic carbocycles. The number of hydrogen-bond donors (Lipinski definition) is 1. The molecule has 0 atom stereocenters. The van der Waals surface area contributed by atoms with Crippen molar-refractivity contribution >= 4 is 9.84 Å². The van der Waals surface area contributed by atoms with E-state index >= 15 is 0 Å². The van der Waals surface area contributed by atoms with Gasteiger partial charge in [-0.15, -0.1) is 0 Å². The largest absolute Gasteiger partial charge is 0.305 e. The molecule has 0 bridgehead atoms. The summed E-state index contributed by atoms with van der Waals surface area (Å²) in [6.07, 6.45) is 1.60. The van der Waals surface area contributed by atoms with Crippen molar-refractivity contribution in [1.29, 1.82) is 0 Å². The van der Waals surface area contributed by atoms with Gasteiger partial charge in [0, 0.05) is 6.54 Å². The first kappa shape index (κ1) is 11.6. The molecule has 0 spiro atoms. The topological polar surface area (TPSA) is 55.4 Å². The Kier molecular flexibility index (Phi) is 3.28. The Labute approximate surface area is 95.5 Å². The maximum atomic E-state index is 11.9. The third kappa shape index (κ3) is 2.42. The molecule has 0 radical (unpaired) electrons. The van der Waals surface area contributed by atoms with E-state index in [1.165, 1.54) is 0 Å². The predicted octanol–water partition coefficient (Wildman–Crippen LogP) is 1.27. The quantitative estimate of drug-likeness (QED) is 0.789. The molecule has 1 saturated carbocycles. The Morgan fingerprint density at radius 3 is 2.44 bits per heavy atom. The van der Waals surface area contributed by atoms with E-state index in [-0.39, 0.29) is 5.25 Å².